The Hall–Kier alpha value is -3.49. The highest BCUT2D eigenvalue weighted by atomic mass is 19.3. The van der Waals surface area contributed by atoms with E-state index in [1.807, 2.05) is 0 Å². The van der Waals surface area contributed by atoms with Crippen molar-refractivity contribution in [3.8, 4) is 11.5 Å². The van der Waals surface area contributed by atoms with Gasteiger partial charge in [0.15, 0.2) is 17.6 Å². The summed E-state index contributed by atoms with van der Waals surface area (Å²) in [6.45, 7) is -1.64. The molecule has 0 aliphatic heterocycles. The van der Waals surface area contributed by atoms with Gasteiger partial charge in [0.2, 0.25) is 0 Å². The van der Waals surface area contributed by atoms with Crippen LogP contribution in [0.1, 0.15) is 12.5 Å². The molecule has 0 saturated carbocycles. The zero-order chi connectivity index (χ0) is 21.4. The molecule has 1 atom stereocenters. The number of alkyl halides is 2. The lowest BCUT2D eigenvalue weighted by atomic mass is 10.2. The van der Waals surface area contributed by atoms with Crippen molar-refractivity contribution < 1.29 is 37.0 Å². The highest BCUT2D eigenvalue weighted by molar-refractivity contribution is 5.96. The van der Waals surface area contributed by atoms with E-state index >= 15 is 0 Å². The van der Waals surface area contributed by atoms with Crippen LogP contribution in [0.3, 0.4) is 0 Å². The Kier molecular flexibility index (Phi) is 7.64. The molecule has 0 bridgehead atoms. The predicted molar refractivity (Wildman–Crippen MR) is 99.2 cm³/mol. The van der Waals surface area contributed by atoms with E-state index in [1.165, 1.54) is 56.5 Å². The van der Waals surface area contributed by atoms with Gasteiger partial charge < -0.3 is 19.5 Å². The van der Waals surface area contributed by atoms with E-state index in [-0.39, 0.29) is 17.2 Å². The van der Waals surface area contributed by atoms with E-state index in [4.69, 9.17) is 9.47 Å². The SMILES string of the molecule is COc1cc(/C=C/C(=O)OC(C)C(=O)Nc2cccc(F)c2)ccc1OC(F)F. The third-order valence-electron chi connectivity index (χ3n) is 3.57. The van der Waals surface area contributed by atoms with Gasteiger partial charge in [-0.05, 0) is 48.9 Å². The number of rotatable bonds is 8. The fraction of sp³-hybridized carbons (Fsp3) is 0.200. The molecule has 0 heterocycles. The van der Waals surface area contributed by atoms with Crippen LogP contribution in [0.25, 0.3) is 6.08 Å². The van der Waals surface area contributed by atoms with E-state index in [9.17, 15) is 22.8 Å². The van der Waals surface area contributed by atoms with Crippen LogP contribution in [0.2, 0.25) is 0 Å². The molecule has 1 amide bonds. The van der Waals surface area contributed by atoms with Crippen LogP contribution in [0.4, 0.5) is 18.9 Å². The molecule has 0 aliphatic rings. The van der Waals surface area contributed by atoms with Crippen LogP contribution in [0.5, 0.6) is 11.5 Å². The smallest absolute Gasteiger partial charge is 0.387 e. The Morgan fingerprint density at radius 1 is 1.10 bits per heavy atom. The van der Waals surface area contributed by atoms with E-state index in [0.29, 0.717) is 5.56 Å². The van der Waals surface area contributed by atoms with Gasteiger partial charge in [-0.2, -0.15) is 8.78 Å². The van der Waals surface area contributed by atoms with Crippen molar-refractivity contribution in [2.75, 3.05) is 12.4 Å². The third kappa shape index (κ3) is 6.87. The first kappa shape index (κ1) is 21.8. The maximum absolute atomic E-state index is 13.1. The number of carbonyl (C=O) groups excluding carboxylic acids is 2. The molecule has 2 aromatic carbocycles. The van der Waals surface area contributed by atoms with Crippen molar-refractivity contribution in [1.29, 1.82) is 0 Å². The van der Waals surface area contributed by atoms with Crippen molar-refractivity contribution in [1.82, 2.24) is 0 Å². The largest absolute Gasteiger partial charge is 0.493 e. The van der Waals surface area contributed by atoms with E-state index in [0.717, 1.165) is 12.1 Å². The molecule has 2 rings (SSSR count). The molecule has 0 fully saturated rings. The van der Waals surface area contributed by atoms with E-state index in [1.54, 1.807) is 0 Å². The number of anilines is 1. The van der Waals surface area contributed by atoms with Crippen molar-refractivity contribution >= 4 is 23.6 Å². The molecule has 154 valence electrons. The van der Waals surface area contributed by atoms with Gasteiger partial charge in [-0.1, -0.05) is 12.1 Å². The Morgan fingerprint density at radius 2 is 1.86 bits per heavy atom. The minimum atomic E-state index is -3.00. The first-order valence-corrected chi connectivity index (χ1v) is 8.36. The van der Waals surface area contributed by atoms with Crippen LogP contribution in [-0.2, 0) is 14.3 Å². The number of esters is 1. The molecule has 1 N–H and O–H groups in total. The highest BCUT2D eigenvalue weighted by Crippen LogP contribution is 2.29. The molecule has 0 aromatic heterocycles. The van der Waals surface area contributed by atoms with E-state index < -0.39 is 30.4 Å². The molecule has 1 unspecified atom stereocenters. The quantitative estimate of drug-likeness (QED) is 0.527. The minimum Gasteiger partial charge on any atom is -0.493 e. The van der Waals surface area contributed by atoms with Gasteiger partial charge in [-0.25, -0.2) is 9.18 Å². The number of carbonyl (C=O) groups is 2. The molecule has 0 spiro atoms. The topological polar surface area (TPSA) is 73.9 Å². The van der Waals surface area contributed by atoms with Gasteiger partial charge in [0.05, 0.1) is 7.11 Å². The molecule has 0 saturated heterocycles. The number of benzene rings is 2. The summed E-state index contributed by atoms with van der Waals surface area (Å²) in [6.07, 6.45) is 1.29. The minimum absolute atomic E-state index is 0.0589. The van der Waals surface area contributed by atoms with E-state index in [2.05, 4.69) is 10.1 Å². The molecular weight excluding hydrogens is 391 g/mol. The summed E-state index contributed by atoms with van der Waals surface area (Å²) < 4.78 is 52.1. The monoisotopic (exact) mass is 409 g/mol. The lowest BCUT2D eigenvalue weighted by Crippen LogP contribution is -2.29. The Labute approximate surface area is 164 Å². The van der Waals surface area contributed by atoms with Crippen LogP contribution >= 0.6 is 0 Å². The second-order valence-corrected chi connectivity index (χ2v) is 5.70. The van der Waals surface area contributed by atoms with Gasteiger partial charge in [0, 0.05) is 11.8 Å². The zero-order valence-corrected chi connectivity index (χ0v) is 15.5. The lowest BCUT2D eigenvalue weighted by Gasteiger charge is -2.12. The third-order valence-corrected chi connectivity index (χ3v) is 3.57. The van der Waals surface area contributed by atoms with Gasteiger partial charge >= 0.3 is 12.6 Å². The predicted octanol–water partition coefficient (Wildman–Crippen LogP) is 4.02. The standard InChI is InChI=1S/C20H18F3NO5/c1-12(19(26)24-15-5-3-4-14(21)11-15)28-18(25)9-7-13-6-8-16(29-20(22)23)17(10-13)27-2/h3-12,20H,1-2H3,(H,24,26)/b9-7+. The van der Waals surface area contributed by atoms with Crippen molar-refractivity contribution in [3.05, 3.63) is 59.9 Å². The fourth-order valence-electron chi connectivity index (χ4n) is 2.22. The summed E-state index contributed by atoms with van der Waals surface area (Å²) >= 11 is 0. The van der Waals surface area contributed by atoms with Crippen molar-refractivity contribution in [2.24, 2.45) is 0 Å². The Balaban J connectivity index is 1.95. The van der Waals surface area contributed by atoms with Crippen LogP contribution < -0.4 is 14.8 Å². The summed E-state index contributed by atoms with van der Waals surface area (Å²) in [5, 5.41) is 2.43. The van der Waals surface area contributed by atoms with Crippen LogP contribution in [0, 0.1) is 5.82 Å². The number of hydrogen-bond acceptors (Lipinski definition) is 5. The first-order valence-electron chi connectivity index (χ1n) is 8.36. The average molecular weight is 409 g/mol. The first-order chi connectivity index (χ1) is 13.8. The molecule has 0 aliphatic carbocycles. The number of amides is 1. The van der Waals surface area contributed by atoms with Crippen molar-refractivity contribution in [2.45, 2.75) is 19.6 Å². The number of hydrogen-bond donors (Lipinski definition) is 1. The second kappa shape index (κ2) is 10.2. The highest BCUT2D eigenvalue weighted by Gasteiger charge is 2.17. The molecule has 2 aromatic rings. The maximum atomic E-state index is 13.1. The van der Waals surface area contributed by atoms with Gasteiger partial charge in [-0.15, -0.1) is 0 Å². The van der Waals surface area contributed by atoms with Gasteiger partial charge in [0.25, 0.3) is 5.91 Å². The van der Waals surface area contributed by atoms with Crippen LogP contribution in [-0.4, -0.2) is 31.7 Å². The summed E-state index contributed by atoms with van der Waals surface area (Å²) in [5.74, 6) is -2.05. The molecule has 9 heteroatoms. The zero-order valence-electron chi connectivity index (χ0n) is 15.5. The summed E-state index contributed by atoms with van der Waals surface area (Å²) in [6, 6.07) is 9.36. The maximum Gasteiger partial charge on any atom is 0.387 e. The molecular formula is C20H18F3NO5. The van der Waals surface area contributed by atoms with Gasteiger partial charge in [0.1, 0.15) is 5.82 Å². The molecule has 0 radical (unpaired) electrons. The average Bonchev–Trinajstić information content (AvgIpc) is 2.66. The molecule has 6 nitrogen and oxygen atoms in total. The molecule has 29 heavy (non-hydrogen) atoms. The van der Waals surface area contributed by atoms with Gasteiger partial charge in [-0.3, -0.25) is 4.79 Å². The van der Waals surface area contributed by atoms with Crippen molar-refractivity contribution in [3.63, 3.8) is 0 Å². The van der Waals surface area contributed by atoms with Crippen LogP contribution in [0.15, 0.2) is 48.5 Å². The number of nitrogens with one attached hydrogen (secondary N) is 1. The normalized spacial score (nSPS) is 11.9. The second-order valence-electron chi connectivity index (χ2n) is 5.70. The Bertz CT molecular complexity index is 901. The summed E-state index contributed by atoms with van der Waals surface area (Å²) in [4.78, 5) is 23.9. The summed E-state index contributed by atoms with van der Waals surface area (Å²) in [5.41, 5.74) is 0.684. The number of methoxy groups -OCH3 is 1. The lowest BCUT2D eigenvalue weighted by molar-refractivity contribution is -0.148. The fourth-order valence-corrected chi connectivity index (χ4v) is 2.22. The summed E-state index contributed by atoms with van der Waals surface area (Å²) in [7, 11) is 1.29. The Morgan fingerprint density at radius 3 is 2.52 bits per heavy atom. The number of ether oxygens (including phenoxy) is 3. The number of halogens is 3.